The molecule has 192 valence electrons. The minimum atomic E-state index is -5.78. The van der Waals surface area contributed by atoms with Gasteiger partial charge in [0.15, 0.2) is 11.5 Å². The molecule has 0 aliphatic rings. The summed E-state index contributed by atoms with van der Waals surface area (Å²) in [5.74, 6) is -16.4. The zero-order valence-electron chi connectivity index (χ0n) is 17.3. The summed E-state index contributed by atoms with van der Waals surface area (Å²) < 4.78 is 151. The molecule has 3 nitrogen and oxygen atoms in total. The molecule has 2 aromatic carbocycles. The van der Waals surface area contributed by atoms with Crippen LogP contribution in [0.2, 0.25) is 0 Å². The van der Waals surface area contributed by atoms with Crippen LogP contribution in [0.5, 0.6) is 11.5 Å². The Morgan fingerprint density at radius 3 is 1.09 bits per heavy atom. The van der Waals surface area contributed by atoms with E-state index in [-0.39, 0.29) is 0 Å². The van der Waals surface area contributed by atoms with Crippen molar-refractivity contribution in [1.29, 1.82) is 0 Å². The van der Waals surface area contributed by atoms with Gasteiger partial charge >= 0.3 is 24.2 Å². The SMILES string of the molecule is C=C(OC(=C)C(F)(F)C(Oc1ccccc1)C(F)(F)F)C(F)(F)C(Oc1ccccc1)C(F)(F)F. The Morgan fingerprint density at radius 1 is 0.543 bits per heavy atom. The molecule has 2 atom stereocenters. The van der Waals surface area contributed by atoms with E-state index in [0.717, 1.165) is 24.3 Å². The molecular formula is C22H16F10O3. The summed E-state index contributed by atoms with van der Waals surface area (Å²) >= 11 is 0. The first kappa shape index (κ1) is 27.9. The van der Waals surface area contributed by atoms with Crippen LogP contribution in [0.15, 0.2) is 85.3 Å². The molecule has 35 heavy (non-hydrogen) atoms. The maximum Gasteiger partial charge on any atom is 0.431 e. The van der Waals surface area contributed by atoms with E-state index in [1.54, 1.807) is 0 Å². The summed E-state index contributed by atoms with van der Waals surface area (Å²) in [4.78, 5) is 0. The zero-order valence-corrected chi connectivity index (χ0v) is 17.3. The number of para-hydroxylation sites is 2. The first-order valence-corrected chi connectivity index (χ1v) is 9.36. The molecule has 13 heteroatoms. The zero-order chi connectivity index (χ0) is 26.7. The van der Waals surface area contributed by atoms with Crippen molar-refractivity contribution in [2.24, 2.45) is 0 Å². The first-order chi connectivity index (χ1) is 16.0. The van der Waals surface area contributed by atoms with E-state index >= 15 is 0 Å². The monoisotopic (exact) mass is 518 g/mol. The average molecular weight is 518 g/mol. The van der Waals surface area contributed by atoms with Crippen molar-refractivity contribution in [2.75, 3.05) is 0 Å². The molecular weight excluding hydrogens is 502 g/mol. The van der Waals surface area contributed by atoms with E-state index in [0.29, 0.717) is 0 Å². The Hall–Kier alpha value is -3.38. The summed E-state index contributed by atoms with van der Waals surface area (Å²) in [6.45, 7) is 4.99. The first-order valence-electron chi connectivity index (χ1n) is 9.36. The van der Waals surface area contributed by atoms with Crippen molar-refractivity contribution in [1.82, 2.24) is 0 Å². The van der Waals surface area contributed by atoms with Gasteiger partial charge in [0, 0.05) is 0 Å². The summed E-state index contributed by atoms with van der Waals surface area (Å²) in [5.41, 5.74) is 0. The van der Waals surface area contributed by atoms with Crippen molar-refractivity contribution in [3.63, 3.8) is 0 Å². The van der Waals surface area contributed by atoms with Gasteiger partial charge < -0.3 is 14.2 Å². The predicted octanol–water partition coefficient (Wildman–Crippen LogP) is 7.32. The maximum atomic E-state index is 14.6. The molecule has 2 aromatic rings. The Bertz CT molecular complexity index is 920. The largest absolute Gasteiger partial charge is 0.474 e. The van der Waals surface area contributed by atoms with Crippen LogP contribution >= 0.6 is 0 Å². The van der Waals surface area contributed by atoms with Crippen LogP contribution in [0.1, 0.15) is 0 Å². The number of benzene rings is 2. The summed E-state index contributed by atoms with van der Waals surface area (Å²) in [5, 5.41) is 0. The fourth-order valence-electron chi connectivity index (χ4n) is 2.54. The van der Waals surface area contributed by atoms with Crippen LogP contribution in [-0.2, 0) is 4.74 Å². The molecule has 2 rings (SSSR count). The van der Waals surface area contributed by atoms with Gasteiger partial charge in [0.25, 0.3) is 12.2 Å². The summed E-state index contributed by atoms with van der Waals surface area (Å²) in [7, 11) is 0. The molecule has 0 bridgehead atoms. The Labute approximate surface area is 192 Å². The second-order valence-corrected chi connectivity index (χ2v) is 6.90. The van der Waals surface area contributed by atoms with Crippen LogP contribution in [-0.4, -0.2) is 36.4 Å². The minimum absolute atomic E-state index is 0.667. The highest BCUT2D eigenvalue weighted by Gasteiger charge is 2.64. The third kappa shape index (κ3) is 6.83. The molecule has 0 saturated heterocycles. The quantitative estimate of drug-likeness (QED) is 0.244. The van der Waals surface area contributed by atoms with E-state index in [2.05, 4.69) is 27.4 Å². The lowest BCUT2D eigenvalue weighted by Gasteiger charge is -2.33. The molecule has 0 aliphatic heterocycles. The molecule has 0 amide bonds. The second kappa shape index (κ2) is 10.1. The number of ether oxygens (including phenoxy) is 3. The highest BCUT2D eigenvalue weighted by atomic mass is 19.4. The average Bonchev–Trinajstić information content (AvgIpc) is 2.75. The van der Waals surface area contributed by atoms with Gasteiger partial charge in [-0.05, 0) is 24.3 Å². The fraction of sp³-hybridized carbons (Fsp3) is 0.273. The summed E-state index contributed by atoms with van der Waals surface area (Å²) in [6.07, 6.45) is -19.5. The van der Waals surface area contributed by atoms with Gasteiger partial charge in [-0.15, -0.1) is 0 Å². The molecule has 0 aromatic heterocycles. The van der Waals surface area contributed by atoms with Crippen molar-refractivity contribution in [3.8, 4) is 11.5 Å². The molecule has 0 saturated carbocycles. The lowest BCUT2D eigenvalue weighted by Crippen LogP contribution is -2.52. The van der Waals surface area contributed by atoms with E-state index in [1.807, 2.05) is 0 Å². The molecule has 0 radical (unpaired) electrons. The van der Waals surface area contributed by atoms with Gasteiger partial charge in [0.2, 0.25) is 0 Å². The normalized spacial score (nSPS) is 14.6. The Kier molecular flexibility index (Phi) is 8.03. The molecule has 0 fully saturated rings. The van der Waals surface area contributed by atoms with E-state index in [9.17, 15) is 43.9 Å². The lowest BCUT2D eigenvalue weighted by molar-refractivity contribution is -0.264. The number of hydrogen-bond acceptors (Lipinski definition) is 3. The van der Waals surface area contributed by atoms with Crippen LogP contribution in [0.25, 0.3) is 0 Å². The van der Waals surface area contributed by atoms with Gasteiger partial charge in [0.05, 0.1) is 0 Å². The van der Waals surface area contributed by atoms with E-state index in [4.69, 9.17) is 0 Å². The minimum Gasteiger partial charge on any atom is -0.474 e. The molecule has 0 spiro atoms. The molecule has 2 unspecified atom stereocenters. The third-order valence-electron chi connectivity index (χ3n) is 4.24. The molecule has 0 N–H and O–H groups in total. The van der Waals surface area contributed by atoms with Crippen LogP contribution in [0.4, 0.5) is 43.9 Å². The summed E-state index contributed by atoms with van der Waals surface area (Å²) in [6, 6.07) is 11.0. The van der Waals surface area contributed by atoms with Gasteiger partial charge in [-0.1, -0.05) is 49.6 Å². The number of alkyl halides is 10. The second-order valence-electron chi connectivity index (χ2n) is 6.90. The number of hydrogen-bond donors (Lipinski definition) is 0. The van der Waals surface area contributed by atoms with Crippen molar-refractivity contribution < 1.29 is 58.1 Å². The van der Waals surface area contributed by atoms with Gasteiger partial charge in [-0.25, -0.2) is 0 Å². The van der Waals surface area contributed by atoms with Crippen molar-refractivity contribution >= 4 is 0 Å². The fourth-order valence-corrected chi connectivity index (χ4v) is 2.54. The van der Waals surface area contributed by atoms with E-state index in [1.165, 1.54) is 36.4 Å². The Morgan fingerprint density at radius 2 is 0.829 bits per heavy atom. The van der Waals surface area contributed by atoms with E-state index < -0.39 is 59.4 Å². The topological polar surface area (TPSA) is 27.7 Å². The van der Waals surface area contributed by atoms with Crippen molar-refractivity contribution in [2.45, 2.75) is 36.4 Å². The predicted molar refractivity (Wildman–Crippen MR) is 103 cm³/mol. The standard InChI is InChI=1S/C22H16F10O3/c1-13(19(23,24)17(21(27,28)29)34-15-9-5-3-6-10-15)33-14(2)20(25,26)18(22(30,31)32)35-16-11-7-4-8-12-16/h3-12,17-18H,1-2H2. The Balaban J connectivity index is 2.29. The van der Waals surface area contributed by atoms with Crippen LogP contribution in [0, 0.1) is 0 Å². The van der Waals surface area contributed by atoms with Crippen LogP contribution in [0.3, 0.4) is 0 Å². The molecule has 0 heterocycles. The maximum absolute atomic E-state index is 14.6. The highest BCUT2D eigenvalue weighted by molar-refractivity contribution is 5.25. The van der Waals surface area contributed by atoms with Gasteiger partial charge in [-0.3, -0.25) is 0 Å². The number of rotatable bonds is 10. The van der Waals surface area contributed by atoms with Gasteiger partial charge in [0.1, 0.15) is 11.5 Å². The van der Waals surface area contributed by atoms with Crippen LogP contribution < -0.4 is 9.47 Å². The van der Waals surface area contributed by atoms with Crippen molar-refractivity contribution in [3.05, 3.63) is 85.3 Å². The third-order valence-corrected chi connectivity index (χ3v) is 4.24. The highest BCUT2D eigenvalue weighted by Crippen LogP contribution is 2.44. The smallest absolute Gasteiger partial charge is 0.431 e. The lowest BCUT2D eigenvalue weighted by atomic mass is 10.1. The van der Waals surface area contributed by atoms with Gasteiger partial charge in [-0.2, -0.15) is 43.9 Å². The number of halogens is 10. The molecule has 0 aliphatic carbocycles.